The van der Waals surface area contributed by atoms with Crippen LogP contribution in [-0.4, -0.2) is 44.8 Å². The van der Waals surface area contributed by atoms with Crippen LogP contribution in [0.4, 0.5) is 5.82 Å². The Morgan fingerprint density at radius 2 is 2.35 bits per heavy atom. The Morgan fingerprint density at radius 3 is 3.05 bits per heavy atom. The summed E-state index contributed by atoms with van der Waals surface area (Å²) in [4.78, 5) is 23.5. The van der Waals surface area contributed by atoms with E-state index < -0.39 is 18.1 Å². The van der Waals surface area contributed by atoms with Crippen molar-refractivity contribution < 1.29 is 15.0 Å². The minimum Gasteiger partial charge on any atom is -0.480 e. The highest BCUT2D eigenvalue weighted by Gasteiger charge is 2.37. The molecule has 2 unspecified atom stereocenters. The quantitative estimate of drug-likeness (QED) is 0.886. The van der Waals surface area contributed by atoms with Crippen LogP contribution in [-0.2, 0) is 11.2 Å². The third-order valence-electron chi connectivity index (χ3n) is 3.54. The first kappa shape index (κ1) is 13.3. The first-order valence-electron chi connectivity index (χ1n) is 6.51. The summed E-state index contributed by atoms with van der Waals surface area (Å²) in [5, 5.41) is 19.9. The van der Waals surface area contributed by atoms with Crippen LogP contribution in [0, 0.1) is 0 Å². The lowest BCUT2D eigenvalue weighted by Crippen LogP contribution is -2.36. The molecule has 106 valence electrons. The van der Waals surface area contributed by atoms with Gasteiger partial charge in [0.1, 0.15) is 23.0 Å². The van der Waals surface area contributed by atoms with Gasteiger partial charge in [-0.25, -0.2) is 14.8 Å². The predicted octanol–water partition coefficient (Wildman–Crippen LogP) is 1.28. The van der Waals surface area contributed by atoms with Crippen LogP contribution in [0.5, 0.6) is 0 Å². The van der Waals surface area contributed by atoms with Gasteiger partial charge < -0.3 is 15.1 Å². The molecule has 20 heavy (non-hydrogen) atoms. The number of aliphatic carboxylic acids is 1. The van der Waals surface area contributed by atoms with Crippen LogP contribution in [0.15, 0.2) is 12.4 Å². The maximum absolute atomic E-state index is 11.3. The first-order valence-corrected chi connectivity index (χ1v) is 7.32. The summed E-state index contributed by atoms with van der Waals surface area (Å²) < 4.78 is 0. The van der Waals surface area contributed by atoms with E-state index in [4.69, 9.17) is 0 Å². The van der Waals surface area contributed by atoms with Crippen molar-refractivity contribution in [1.29, 1.82) is 0 Å². The number of aromatic nitrogens is 2. The van der Waals surface area contributed by atoms with Crippen molar-refractivity contribution in [2.24, 2.45) is 0 Å². The topological polar surface area (TPSA) is 86.5 Å². The Kier molecular flexibility index (Phi) is 3.31. The minimum absolute atomic E-state index is 0.228. The van der Waals surface area contributed by atoms with Crippen molar-refractivity contribution in [2.75, 3.05) is 11.4 Å². The van der Waals surface area contributed by atoms with Crippen LogP contribution in [0.1, 0.15) is 18.2 Å². The van der Waals surface area contributed by atoms with E-state index in [1.165, 1.54) is 11.2 Å². The summed E-state index contributed by atoms with van der Waals surface area (Å²) in [5.41, 5.74) is 0. The second-order valence-electron chi connectivity index (χ2n) is 4.88. The molecule has 0 aliphatic carbocycles. The molecule has 7 heteroatoms. The lowest BCUT2D eigenvalue weighted by Gasteiger charge is -2.22. The van der Waals surface area contributed by atoms with E-state index in [9.17, 15) is 15.0 Å². The van der Waals surface area contributed by atoms with Gasteiger partial charge in [-0.05, 0) is 12.5 Å². The van der Waals surface area contributed by atoms with E-state index in [1.807, 2.05) is 6.07 Å². The Hall–Kier alpha value is -1.73. The van der Waals surface area contributed by atoms with Crippen molar-refractivity contribution in [3.8, 4) is 0 Å². The number of aliphatic hydroxyl groups excluding tert-OH is 1. The van der Waals surface area contributed by atoms with E-state index >= 15 is 0 Å². The van der Waals surface area contributed by atoms with Gasteiger partial charge in [-0.1, -0.05) is 6.92 Å². The summed E-state index contributed by atoms with van der Waals surface area (Å²) in [5.74, 6) is -0.325. The number of nitrogens with zero attached hydrogens (tertiary/aromatic N) is 3. The van der Waals surface area contributed by atoms with Gasteiger partial charge in [0.15, 0.2) is 0 Å². The van der Waals surface area contributed by atoms with Gasteiger partial charge in [-0.15, -0.1) is 11.3 Å². The van der Waals surface area contributed by atoms with Crippen LogP contribution in [0.3, 0.4) is 0 Å². The zero-order valence-corrected chi connectivity index (χ0v) is 11.8. The molecule has 3 rings (SSSR count). The number of rotatable bonds is 3. The van der Waals surface area contributed by atoms with E-state index in [1.54, 1.807) is 16.2 Å². The van der Waals surface area contributed by atoms with Crippen LogP contribution in [0.25, 0.3) is 10.2 Å². The van der Waals surface area contributed by atoms with Gasteiger partial charge in [0.25, 0.3) is 0 Å². The van der Waals surface area contributed by atoms with Crippen molar-refractivity contribution in [1.82, 2.24) is 9.97 Å². The maximum Gasteiger partial charge on any atom is 0.326 e. The van der Waals surface area contributed by atoms with Crippen molar-refractivity contribution in [3.63, 3.8) is 0 Å². The number of β-amino-alcohol motifs (C(OH)–C–C–N with tert-alkyl or cyclic N) is 1. The third kappa shape index (κ3) is 2.12. The number of carboxylic acids is 1. The molecule has 1 saturated heterocycles. The third-order valence-corrected chi connectivity index (χ3v) is 4.73. The van der Waals surface area contributed by atoms with Crippen molar-refractivity contribution >= 4 is 33.3 Å². The second kappa shape index (κ2) is 4.99. The average molecular weight is 293 g/mol. The molecule has 0 aromatic carbocycles. The summed E-state index contributed by atoms with van der Waals surface area (Å²) in [6.45, 7) is 2.36. The standard InChI is InChI=1S/C13H15N3O3S/c1-2-8-4-9-11(14-6-15-12(9)20-8)16-5-7(17)3-10(16)13(18)19/h4,6-7,10,17H,2-3,5H2,1H3,(H,18,19). The summed E-state index contributed by atoms with van der Waals surface area (Å²) in [6.07, 6.45) is 1.96. The number of aryl methyl sites for hydroxylation is 1. The zero-order valence-electron chi connectivity index (χ0n) is 11.0. The van der Waals surface area contributed by atoms with E-state index in [-0.39, 0.29) is 6.42 Å². The molecule has 2 aromatic heterocycles. The number of hydrogen-bond acceptors (Lipinski definition) is 6. The number of anilines is 1. The lowest BCUT2D eigenvalue weighted by molar-refractivity contribution is -0.138. The normalized spacial score (nSPS) is 22.6. The predicted molar refractivity (Wildman–Crippen MR) is 76.2 cm³/mol. The molecule has 0 radical (unpaired) electrons. The molecule has 2 aromatic rings. The molecule has 1 fully saturated rings. The average Bonchev–Trinajstić information content (AvgIpc) is 3.00. The molecule has 3 heterocycles. The molecule has 0 amide bonds. The monoisotopic (exact) mass is 293 g/mol. The number of fused-ring (bicyclic) bond motifs is 1. The van der Waals surface area contributed by atoms with E-state index in [2.05, 4.69) is 16.9 Å². The highest BCUT2D eigenvalue weighted by molar-refractivity contribution is 7.18. The molecule has 0 spiro atoms. The van der Waals surface area contributed by atoms with Gasteiger partial charge in [0.2, 0.25) is 0 Å². The molecule has 6 nitrogen and oxygen atoms in total. The van der Waals surface area contributed by atoms with Crippen LogP contribution >= 0.6 is 11.3 Å². The fraction of sp³-hybridized carbons (Fsp3) is 0.462. The molecule has 1 aliphatic rings. The largest absolute Gasteiger partial charge is 0.480 e. The summed E-state index contributed by atoms with van der Waals surface area (Å²) >= 11 is 1.59. The van der Waals surface area contributed by atoms with Crippen LogP contribution < -0.4 is 4.90 Å². The molecular formula is C13H15N3O3S. The number of aliphatic hydroxyl groups is 1. The summed E-state index contributed by atoms with van der Waals surface area (Å²) in [6, 6.07) is 1.28. The Labute approximate surface area is 119 Å². The second-order valence-corrected chi connectivity index (χ2v) is 5.99. The Bertz CT molecular complexity index is 657. The molecule has 0 saturated carbocycles. The zero-order chi connectivity index (χ0) is 14.3. The Morgan fingerprint density at radius 1 is 1.55 bits per heavy atom. The highest BCUT2D eigenvalue weighted by atomic mass is 32.1. The highest BCUT2D eigenvalue weighted by Crippen LogP contribution is 2.34. The lowest BCUT2D eigenvalue weighted by atomic mass is 10.2. The van der Waals surface area contributed by atoms with Gasteiger partial charge in [-0.3, -0.25) is 0 Å². The van der Waals surface area contributed by atoms with Crippen molar-refractivity contribution in [3.05, 3.63) is 17.3 Å². The number of carboxylic acid groups (broad SMARTS) is 1. The van der Waals surface area contributed by atoms with Gasteiger partial charge >= 0.3 is 5.97 Å². The molecular weight excluding hydrogens is 278 g/mol. The molecule has 2 atom stereocenters. The number of carbonyl (C=O) groups is 1. The van der Waals surface area contributed by atoms with Gasteiger partial charge in [0.05, 0.1) is 11.5 Å². The SMILES string of the molecule is CCc1cc2c(N3CC(O)CC3C(=O)O)ncnc2s1. The fourth-order valence-corrected chi connectivity index (χ4v) is 3.51. The minimum atomic E-state index is -0.931. The maximum atomic E-state index is 11.3. The molecule has 0 bridgehead atoms. The number of thiophene rings is 1. The van der Waals surface area contributed by atoms with E-state index in [0.29, 0.717) is 12.4 Å². The fourth-order valence-electron chi connectivity index (χ4n) is 2.58. The first-order chi connectivity index (χ1) is 9.60. The summed E-state index contributed by atoms with van der Waals surface area (Å²) in [7, 11) is 0. The van der Waals surface area contributed by atoms with Crippen molar-refractivity contribution in [2.45, 2.75) is 31.9 Å². The molecule has 2 N–H and O–H groups in total. The van der Waals surface area contributed by atoms with E-state index in [0.717, 1.165) is 16.6 Å². The smallest absolute Gasteiger partial charge is 0.326 e. The van der Waals surface area contributed by atoms with Gasteiger partial charge in [-0.2, -0.15) is 0 Å². The Balaban J connectivity index is 2.09. The molecule has 1 aliphatic heterocycles. The van der Waals surface area contributed by atoms with Gasteiger partial charge in [0, 0.05) is 17.8 Å². The van der Waals surface area contributed by atoms with Crippen LogP contribution in [0.2, 0.25) is 0 Å². The number of hydrogen-bond donors (Lipinski definition) is 2.